The van der Waals surface area contributed by atoms with Crippen LogP contribution >= 0.6 is 0 Å². The number of carbonyl (C=O) groups excluding carboxylic acids is 1. The monoisotopic (exact) mass is 397 g/mol. The lowest BCUT2D eigenvalue weighted by atomic mass is 10.1. The highest BCUT2D eigenvalue weighted by Gasteiger charge is 2.31. The molecule has 0 unspecified atom stereocenters. The maximum Gasteiger partial charge on any atom is 0.345 e. The SMILES string of the molecule is COC[C@H](C)NC(=O)C1=CC(c2cc(OC)ccc2OC)=NS(=O)(=O)N1C. The number of benzene rings is 1. The molecule has 0 fully saturated rings. The number of amides is 1. The summed E-state index contributed by atoms with van der Waals surface area (Å²) in [5.74, 6) is 0.343. The van der Waals surface area contributed by atoms with Crippen LogP contribution in [0.1, 0.15) is 12.5 Å². The Labute approximate surface area is 158 Å². The van der Waals surface area contributed by atoms with E-state index < -0.39 is 16.1 Å². The fraction of sp³-hybridized carbons (Fsp3) is 0.412. The Morgan fingerprint density at radius 1 is 1.26 bits per heavy atom. The highest BCUT2D eigenvalue weighted by molar-refractivity contribution is 7.88. The Morgan fingerprint density at radius 3 is 2.56 bits per heavy atom. The molecule has 148 valence electrons. The molecule has 0 radical (unpaired) electrons. The molecule has 1 aromatic carbocycles. The fourth-order valence-corrected chi connectivity index (χ4v) is 3.40. The van der Waals surface area contributed by atoms with Crippen molar-refractivity contribution in [2.75, 3.05) is 35.0 Å². The molecule has 1 aliphatic heterocycles. The van der Waals surface area contributed by atoms with Gasteiger partial charge in [0.2, 0.25) is 0 Å². The molecule has 1 amide bonds. The molecule has 0 spiro atoms. The summed E-state index contributed by atoms with van der Waals surface area (Å²) >= 11 is 0. The summed E-state index contributed by atoms with van der Waals surface area (Å²) in [5.41, 5.74) is 0.407. The molecule has 10 heteroatoms. The smallest absolute Gasteiger partial charge is 0.345 e. The minimum absolute atomic E-state index is 0.0622. The average molecular weight is 397 g/mol. The Balaban J connectivity index is 2.51. The lowest BCUT2D eigenvalue weighted by molar-refractivity contribution is -0.119. The second-order valence-electron chi connectivity index (χ2n) is 5.85. The Bertz CT molecular complexity index is 879. The van der Waals surface area contributed by atoms with Gasteiger partial charge in [-0.2, -0.15) is 8.42 Å². The van der Waals surface area contributed by atoms with E-state index in [9.17, 15) is 13.2 Å². The van der Waals surface area contributed by atoms with Gasteiger partial charge in [-0.3, -0.25) is 4.79 Å². The van der Waals surface area contributed by atoms with Crippen molar-refractivity contribution in [3.05, 3.63) is 35.5 Å². The zero-order chi connectivity index (χ0) is 20.2. The molecule has 9 nitrogen and oxygen atoms in total. The summed E-state index contributed by atoms with van der Waals surface area (Å²) in [5, 5.41) is 2.69. The fourth-order valence-electron chi connectivity index (χ4n) is 2.50. The quantitative estimate of drug-likeness (QED) is 0.727. The van der Waals surface area contributed by atoms with Crippen LogP contribution in [0.2, 0.25) is 0 Å². The predicted octanol–water partition coefficient (Wildman–Crippen LogP) is 0.718. The Kier molecular flexibility index (Phi) is 6.45. The lowest BCUT2D eigenvalue weighted by Crippen LogP contribution is -2.42. The number of rotatable bonds is 7. The number of nitrogens with one attached hydrogen (secondary N) is 1. The molecule has 0 aromatic heterocycles. The van der Waals surface area contributed by atoms with E-state index in [0.717, 1.165) is 4.31 Å². The third kappa shape index (κ3) is 4.58. The molecule has 0 aliphatic carbocycles. The van der Waals surface area contributed by atoms with Crippen molar-refractivity contribution in [2.45, 2.75) is 13.0 Å². The van der Waals surface area contributed by atoms with Gasteiger partial charge in [0.15, 0.2) is 0 Å². The van der Waals surface area contributed by atoms with Crippen molar-refractivity contribution < 1.29 is 27.4 Å². The van der Waals surface area contributed by atoms with Gasteiger partial charge in [-0.1, -0.05) is 0 Å². The van der Waals surface area contributed by atoms with Crippen LogP contribution in [0.4, 0.5) is 0 Å². The first-order valence-electron chi connectivity index (χ1n) is 8.06. The van der Waals surface area contributed by atoms with E-state index in [1.165, 1.54) is 34.5 Å². The first-order chi connectivity index (χ1) is 12.7. The molecule has 0 saturated heterocycles. The van der Waals surface area contributed by atoms with Crippen LogP contribution < -0.4 is 14.8 Å². The number of likely N-dealkylation sites (N-methyl/N-ethyl adjacent to an activating group) is 1. The zero-order valence-electron chi connectivity index (χ0n) is 15.8. The van der Waals surface area contributed by atoms with Gasteiger partial charge in [0.1, 0.15) is 17.2 Å². The first-order valence-corrected chi connectivity index (χ1v) is 9.46. The molecule has 27 heavy (non-hydrogen) atoms. The van der Waals surface area contributed by atoms with Crippen molar-refractivity contribution in [3.8, 4) is 11.5 Å². The second kappa shape index (κ2) is 8.40. The largest absolute Gasteiger partial charge is 0.497 e. The van der Waals surface area contributed by atoms with Crippen LogP contribution in [0.5, 0.6) is 11.5 Å². The first kappa shape index (κ1) is 20.7. The van der Waals surface area contributed by atoms with Gasteiger partial charge in [0, 0.05) is 25.8 Å². The Morgan fingerprint density at radius 2 is 1.96 bits per heavy atom. The Hall–Kier alpha value is -2.59. The number of methoxy groups -OCH3 is 3. The van der Waals surface area contributed by atoms with Crippen LogP contribution in [0.15, 0.2) is 34.4 Å². The predicted molar refractivity (Wildman–Crippen MR) is 100 cm³/mol. The standard InChI is InChI=1S/C17H23N3O6S/c1-11(10-24-3)18-17(21)15-9-14(19-27(22,23)20(15)2)13-8-12(25-4)6-7-16(13)26-5/h6-9,11H,10H2,1-5H3,(H,18,21)/t11-/m0/s1. The molecular weight excluding hydrogens is 374 g/mol. The molecule has 2 rings (SSSR count). The summed E-state index contributed by atoms with van der Waals surface area (Å²) in [6.07, 6.45) is 1.40. The van der Waals surface area contributed by atoms with Gasteiger partial charge in [0.25, 0.3) is 5.91 Å². The number of ether oxygens (including phenoxy) is 3. The van der Waals surface area contributed by atoms with Crippen molar-refractivity contribution in [2.24, 2.45) is 4.40 Å². The summed E-state index contributed by atoms with van der Waals surface area (Å²) in [7, 11) is 1.65. The van der Waals surface area contributed by atoms with E-state index in [0.29, 0.717) is 23.7 Å². The number of hydrogen-bond donors (Lipinski definition) is 1. The molecule has 1 heterocycles. The molecule has 1 aliphatic rings. The number of hydrogen-bond acceptors (Lipinski definition) is 6. The van der Waals surface area contributed by atoms with Crippen LogP contribution in [0.3, 0.4) is 0 Å². The number of allylic oxidation sites excluding steroid dienone is 1. The van der Waals surface area contributed by atoms with Crippen molar-refractivity contribution in [1.29, 1.82) is 0 Å². The highest BCUT2D eigenvalue weighted by atomic mass is 32.2. The second-order valence-corrected chi connectivity index (χ2v) is 7.47. The maximum absolute atomic E-state index is 12.6. The summed E-state index contributed by atoms with van der Waals surface area (Å²) < 4.78 is 45.0. The van der Waals surface area contributed by atoms with Gasteiger partial charge in [-0.05, 0) is 31.2 Å². The lowest BCUT2D eigenvalue weighted by Gasteiger charge is -2.25. The van der Waals surface area contributed by atoms with E-state index in [1.54, 1.807) is 25.1 Å². The summed E-state index contributed by atoms with van der Waals surface area (Å²) in [6.45, 7) is 2.04. The summed E-state index contributed by atoms with van der Waals surface area (Å²) in [6, 6.07) is 4.61. The third-order valence-corrected chi connectivity index (χ3v) is 5.20. The molecule has 0 saturated carbocycles. The van der Waals surface area contributed by atoms with Crippen molar-refractivity contribution in [1.82, 2.24) is 9.62 Å². The van der Waals surface area contributed by atoms with Crippen LogP contribution in [-0.4, -0.2) is 65.4 Å². The van der Waals surface area contributed by atoms with Gasteiger partial charge >= 0.3 is 10.2 Å². The van der Waals surface area contributed by atoms with Crippen LogP contribution in [0, 0.1) is 0 Å². The van der Waals surface area contributed by atoms with Gasteiger partial charge in [-0.15, -0.1) is 4.40 Å². The summed E-state index contributed by atoms with van der Waals surface area (Å²) in [4.78, 5) is 12.6. The number of carbonyl (C=O) groups is 1. The van der Waals surface area contributed by atoms with E-state index in [-0.39, 0.29) is 17.5 Å². The van der Waals surface area contributed by atoms with Gasteiger partial charge < -0.3 is 19.5 Å². The molecule has 0 bridgehead atoms. The van der Waals surface area contributed by atoms with E-state index in [2.05, 4.69) is 9.71 Å². The van der Waals surface area contributed by atoms with Crippen LogP contribution in [0.25, 0.3) is 0 Å². The van der Waals surface area contributed by atoms with Gasteiger partial charge in [0.05, 0.1) is 26.5 Å². The van der Waals surface area contributed by atoms with Crippen LogP contribution in [-0.2, 0) is 19.7 Å². The average Bonchev–Trinajstić information content (AvgIpc) is 2.63. The topological polar surface area (TPSA) is 107 Å². The highest BCUT2D eigenvalue weighted by Crippen LogP contribution is 2.28. The normalized spacial score (nSPS) is 16.9. The maximum atomic E-state index is 12.6. The van der Waals surface area contributed by atoms with E-state index >= 15 is 0 Å². The zero-order valence-corrected chi connectivity index (χ0v) is 16.7. The minimum Gasteiger partial charge on any atom is -0.497 e. The van der Waals surface area contributed by atoms with E-state index in [1.807, 2.05) is 0 Å². The van der Waals surface area contributed by atoms with Crippen molar-refractivity contribution >= 4 is 21.8 Å². The molecule has 1 atom stereocenters. The van der Waals surface area contributed by atoms with Crippen molar-refractivity contribution in [3.63, 3.8) is 0 Å². The van der Waals surface area contributed by atoms with E-state index in [4.69, 9.17) is 14.2 Å². The minimum atomic E-state index is -4.08. The molecule has 1 N–H and O–H groups in total. The number of nitrogens with zero attached hydrogens (tertiary/aromatic N) is 2. The molecular formula is C17H23N3O6S. The van der Waals surface area contributed by atoms with Gasteiger partial charge in [-0.25, -0.2) is 4.31 Å². The third-order valence-electron chi connectivity index (χ3n) is 3.88. The molecule has 1 aromatic rings.